The number of ether oxygens (including phenoxy) is 1. The molecule has 21 heavy (non-hydrogen) atoms. The lowest BCUT2D eigenvalue weighted by Crippen LogP contribution is -2.12. The molecule has 1 aliphatic heterocycles. The van der Waals surface area contributed by atoms with Gasteiger partial charge in [0.2, 0.25) is 0 Å². The first kappa shape index (κ1) is 15.3. The van der Waals surface area contributed by atoms with Crippen molar-refractivity contribution >= 4 is 17.9 Å². The van der Waals surface area contributed by atoms with E-state index < -0.39 is 0 Å². The topological polar surface area (TPSA) is 64.7 Å². The zero-order valence-electron chi connectivity index (χ0n) is 12.4. The number of nitrogens with two attached hydrogens (primary N) is 1. The van der Waals surface area contributed by atoms with Crippen molar-refractivity contribution < 1.29 is 9.53 Å². The van der Waals surface area contributed by atoms with E-state index in [1.807, 2.05) is 30.3 Å². The third-order valence-corrected chi connectivity index (χ3v) is 3.55. The van der Waals surface area contributed by atoms with Crippen LogP contribution in [0.2, 0.25) is 0 Å². The summed E-state index contributed by atoms with van der Waals surface area (Å²) in [5, 5.41) is 0. The zero-order chi connectivity index (χ0) is 15.1. The summed E-state index contributed by atoms with van der Waals surface area (Å²) in [6.07, 6.45) is 8.66. The van der Waals surface area contributed by atoms with Gasteiger partial charge in [-0.15, -0.1) is 0 Å². The molecule has 0 saturated heterocycles. The van der Waals surface area contributed by atoms with Gasteiger partial charge in [-0.3, -0.25) is 9.79 Å². The van der Waals surface area contributed by atoms with Gasteiger partial charge in [0, 0.05) is 6.42 Å². The number of amidine groups is 1. The Kier molecular flexibility index (Phi) is 5.55. The van der Waals surface area contributed by atoms with E-state index in [4.69, 9.17) is 5.73 Å². The van der Waals surface area contributed by atoms with Crippen LogP contribution in [-0.2, 0) is 16.0 Å². The van der Waals surface area contributed by atoms with Gasteiger partial charge in [0.1, 0.15) is 0 Å². The van der Waals surface area contributed by atoms with Crippen LogP contribution < -0.4 is 5.73 Å². The van der Waals surface area contributed by atoms with E-state index in [0.717, 1.165) is 42.6 Å². The normalized spacial score (nSPS) is 19.1. The number of hydrogen-bond donors (Lipinski definition) is 1. The third-order valence-electron chi connectivity index (χ3n) is 3.55. The molecular weight excluding hydrogens is 264 g/mol. The molecule has 1 unspecified atom stereocenters. The minimum Gasteiger partial charge on any atom is -0.469 e. The smallest absolute Gasteiger partial charge is 0.309 e. The zero-order valence-corrected chi connectivity index (χ0v) is 12.4. The SMILES string of the molecule is COC(=O)Cc1cccc(/C=C\C2CCCCC(N)=N2)c1. The number of carbonyl (C=O) groups excluding carboxylic acids is 1. The Morgan fingerprint density at radius 1 is 1.48 bits per heavy atom. The van der Waals surface area contributed by atoms with Gasteiger partial charge in [0.05, 0.1) is 25.4 Å². The van der Waals surface area contributed by atoms with E-state index in [1.54, 1.807) is 0 Å². The monoisotopic (exact) mass is 286 g/mol. The quantitative estimate of drug-likeness (QED) is 0.865. The summed E-state index contributed by atoms with van der Waals surface area (Å²) in [6.45, 7) is 0. The number of carbonyl (C=O) groups is 1. The highest BCUT2D eigenvalue weighted by Gasteiger charge is 2.08. The third kappa shape index (κ3) is 5.06. The second kappa shape index (κ2) is 7.62. The summed E-state index contributed by atoms with van der Waals surface area (Å²) in [5.74, 6) is 0.527. The number of nitrogens with zero attached hydrogens (tertiary/aromatic N) is 1. The Hall–Kier alpha value is -2.10. The molecule has 0 spiro atoms. The molecule has 0 aliphatic carbocycles. The molecule has 2 N–H and O–H groups in total. The van der Waals surface area contributed by atoms with Gasteiger partial charge < -0.3 is 10.5 Å². The molecule has 2 rings (SSSR count). The summed E-state index contributed by atoms with van der Waals surface area (Å²) in [7, 11) is 1.40. The first-order valence-corrected chi connectivity index (χ1v) is 7.33. The van der Waals surface area contributed by atoms with E-state index in [0.29, 0.717) is 6.42 Å². The molecule has 0 aromatic heterocycles. The van der Waals surface area contributed by atoms with Crippen LogP contribution in [0.25, 0.3) is 6.08 Å². The Labute approximate surface area is 125 Å². The molecule has 1 atom stereocenters. The van der Waals surface area contributed by atoms with E-state index >= 15 is 0 Å². The standard InChI is InChI=1S/C17H22N2O2/c1-21-17(20)12-14-6-4-5-13(11-14)9-10-15-7-2-3-8-16(18)19-15/h4-6,9-11,15H,2-3,7-8,12H2,1H3,(H2,18,19)/b10-9-. The number of hydrogen-bond acceptors (Lipinski definition) is 4. The first-order chi connectivity index (χ1) is 10.2. The molecule has 0 saturated carbocycles. The van der Waals surface area contributed by atoms with Gasteiger partial charge in [-0.2, -0.15) is 0 Å². The fourth-order valence-corrected chi connectivity index (χ4v) is 2.41. The van der Waals surface area contributed by atoms with Crippen molar-refractivity contribution in [3.05, 3.63) is 41.5 Å². The Morgan fingerprint density at radius 2 is 2.33 bits per heavy atom. The lowest BCUT2D eigenvalue weighted by Gasteiger charge is -2.05. The lowest BCUT2D eigenvalue weighted by molar-refractivity contribution is -0.139. The Balaban J connectivity index is 2.04. The van der Waals surface area contributed by atoms with Crippen LogP contribution >= 0.6 is 0 Å². The summed E-state index contributed by atoms with van der Waals surface area (Å²) in [6, 6.07) is 8.05. The predicted molar refractivity (Wildman–Crippen MR) is 85.1 cm³/mol. The van der Waals surface area contributed by atoms with Crippen LogP contribution in [0.5, 0.6) is 0 Å². The van der Waals surface area contributed by atoms with Gasteiger partial charge >= 0.3 is 5.97 Å². The number of benzene rings is 1. The molecular formula is C17H22N2O2. The van der Waals surface area contributed by atoms with Crippen molar-refractivity contribution in [3.63, 3.8) is 0 Å². The van der Waals surface area contributed by atoms with Crippen LogP contribution in [-0.4, -0.2) is 25.0 Å². The molecule has 1 aromatic rings. The molecule has 4 nitrogen and oxygen atoms in total. The molecule has 0 bridgehead atoms. The van der Waals surface area contributed by atoms with Crippen LogP contribution in [0.3, 0.4) is 0 Å². The van der Waals surface area contributed by atoms with Crippen molar-refractivity contribution in [2.75, 3.05) is 7.11 Å². The molecule has 0 fully saturated rings. The molecule has 1 aliphatic rings. The minimum atomic E-state index is -0.225. The minimum absolute atomic E-state index is 0.164. The fraction of sp³-hybridized carbons (Fsp3) is 0.412. The maximum absolute atomic E-state index is 11.3. The molecule has 0 amide bonds. The van der Waals surface area contributed by atoms with Crippen molar-refractivity contribution in [2.45, 2.75) is 38.1 Å². The van der Waals surface area contributed by atoms with Gasteiger partial charge in [-0.05, 0) is 24.0 Å². The van der Waals surface area contributed by atoms with Crippen LogP contribution in [0.1, 0.15) is 36.8 Å². The number of aliphatic imine (C=N–C) groups is 1. The van der Waals surface area contributed by atoms with Gasteiger partial charge in [-0.25, -0.2) is 0 Å². The second-order valence-corrected chi connectivity index (χ2v) is 5.29. The Bertz CT molecular complexity index is 549. The highest BCUT2D eigenvalue weighted by molar-refractivity contribution is 5.80. The summed E-state index contributed by atoms with van der Waals surface area (Å²) < 4.78 is 4.69. The average Bonchev–Trinajstić information content (AvgIpc) is 2.69. The first-order valence-electron chi connectivity index (χ1n) is 7.33. The van der Waals surface area contributed by atoms with Crippen molar-refractivity contribution in [1.29, 1.82) is 0 Å². The van der Waals surface area contributed by atoms with E-state index in [1.165, 1.54) is 7.11 Å². The predicted octanol–water partition coefficient (Wildman–Crippen LogP) is 2.72. The number of methoxy groups -OCH3 is 1. The summed E-state index contributed by atoms with van der Waals surface area (Å²) in [5.41, 5.74) is 7.87. The molecule has 4 heteroatoms. The summed E-state index contributed by atoms with van der Waals surface area (Å²) in [4.78, 5) is 15.8. The second-order valence-electron chi connectivity index (χ2n) is 5.29. The van der Waals surface area contributed by atoms with Crippen molar-refractivity contribution in [2.24, 2.45) is 10.7 Å². The van der Waals surface area contributed by atoms with Crippen molar-refractivity contribution in [1.82, 2.24) is 0 Å². The molecule has 0 radical (unpaired) electrons. The molecule has 1 heterocycles. The van der Waals surface area contributed by atoms with Gasteiger partial charge in [0.15, 0.2) is 0 Å². The van der Waals surface area contributed by atoms with E-state index in [-0.39, 0.29) is 12.0 Å². The highest BCUT2D eigenvalue weighted by Crippen LogP contribution is 2.15. The fourth-order valence-electron chi connectivity index (χ4n) is 2.41. The lowest BCUT2D eigenvalue weighted by atomic mass is 10.1. The van der Waals surface area contributed by atoms with Crippen LogP contribution in [0, 0.1) is 0 Å². The maximum Gasteiger partial charge on any atom is 0.309 e. The van der Waals surface area contributed by atoms with Crippen molar-refractivity contribution in [3.8, 4) is 0 Å². The molecule has 112 valence electrons. The largest absolute Gasteiger partial charge is 0.469 e. The van der Waals surface area contributed by atoms with E-state index in [9.17, 15) is 4.79 Å². The summed E-state index contributed by atoms with van der Waals surface area (Å²) >= 11 is 0. The number of esters is 1. The highest BCUT2D eigenvalue weighted by atomic mass is 16.5. The van der Waals surface area contributed by atoms with Crippen LogP contribution in [0.15, 0.2) is 35.3 Å². The van der Waals surface area contributed by atoms with Crippen LogP contribution in [0.4, 0.5) is 0 Å². The van der Waals surface area contributed by atoms with E-state index in [2.05, 4.69) is 15.8 Å². The molecule has 1 aromatic carbocycles. The Morgan fingerprint density at radius 3 is 3.14 bits per heavy atom. The number of rotatable bonds is 4. The maximum atomic E-state index is 11.3. The average molecular weight is 286 g/mol. The van der Waals surface area contributed by atoms with Gasteiger partial charge in [-0.1, -0.05) is 42.8 Å². The van der Waals surface area contributed by atoms with Gasteiger partial charge in [0.25, 0.3) is 0 Å².